The second-order valence-electron chi connectivity index (χ2n) is 6.90. The van der Waals surface area contributed by atoms with Crippen LogP contribution in [0.15, 0.2) is 48.8 Å². The molecule has 1 aromatic carbocycles. The number of rotatable bonds is 3. The summed E-state index contributed by atoms with van der Waals surface area (Å²) in [4.78, 5) is 17.3. The third-order valence-corrected chi connectivity index (χ3v) is 5.46. The lowest BCUT2D eigenvalue weighted by atomic mass is 10.1. The minimum Gasteiger partial charge on any atom is -0.336 e. The first kappa shape index (κ1) is 15.5. The quantitative estimate of drug-likeness (QED) is 0.868. The van der Waals surface area contributed by atoms with Crippen molar-refractivity contribution in [1.29, 1.82) is 0 Å². The van der Waals surface area contributed by atoms with Crippen molar-refractivity contribution < 1.29 is 4.79 Å². The molecule has 2 heterocycles. The van der Waals surface area contributed by atoms with Gasteiger partial charge in [-0.1, -0.05) is 12.8 Å². The van der Waals surface area contributed by atoms with E-state index in [4.69, 9.17) is 0 Å². The van der Waals surface area contributed by atoms with E-state index in [0.717, 1.165) is 43.5 Å². The van der Waals surface area contributed by atoms with Gasteiger partial charge in [0.2, 0.25) is 0 Å². The van der Waals surface area contributed by atoms with Gasteiger partial charge in [0.1, 0.15) is 0 Å². The first-order valence-electron chi connectivity index (χ1n) is 9.08. The molecule has 0 N–H and O–H groups in total. The summed E-state index contributed by atoms with van der Waals surface area (Å²) in [5.41, 5.74) is 1.88. The molecule has 2 aromatic rings. The van der Waals surface area contributed by atoms with Crippen LogP contribution in [0.5, 0.6) is 0 Å². The van der Waals surface area contributed by atoms with E-state index >= 15 is 0 Å². The Morgan fingerprint density at radius 2 is 1.50 bits per heavy atom. The van der Waals surface area contributed by atoms with Crippen molar-refractivity contribution in [2.24, 2.45) is 0 Å². The fraction of sp³-hybridized carbons (Fsp3) is 0.450. The molecule has 1 saturated carbocycles. The zero-order chi connectivity index (χ0) is 16.4. The lowest BCUT2D eigenvalue weighted by molar-refractivity contribution is 0.0573. The summed E-state index contributed by atoms with van der Waals surface area (Å²) in [6.45, 7) is 3.76. The van der Waals surface area contributed by atoms with Gasteiger partial charge in [-0.15, -0.1) is 0 Å². The third kappa shape index (κ3) is 3.11. The molecule has 1 aliphatic heterocycles. The minimum absolute atomic E-state index is 0.167. The van der Waals surface area contributed by atoms with Gasteiger partial charge in [-0.3, -0.25) is 9.69 Å². The zero-order valence-electron chi connectivity index (χ0n) is 14.1. The molecule has 0 radical (unpaired) electrons. The molecule has 0 spiro atoms. The van der Waals surface area contributed by atoms with Gasteiger partial charge in [0.25, 0.3) is 5.91 Å². The normalized spacial score (nSPS) is 19.8. The van der Waals surface area contributed by atoms with Crippen molar-refractivity contribution in [3.05, 3.63) is 54.4 Å². The van der Waals surface area contributed by atoms with Gasteiger partial charge in [0.05, 0.1) is 0 Å². The number of carbonyl (C=O) groups is 1. The molecule has 0 atom stereocenters. The molecule has 1 aromatic heterocycles. The summed E-state index contributed by atoms with van der Waals surface area (Å²) in [7, 11) is 0. The average Bonchev–Trinajstić information content (AvgIpc) is 3.35. The fourth-order valence-corrected chi connectivity index (χ4v) is 4.02. The van der Waals surface area contributed by atoms with Crippen molar-refractivity contribution in [2.75, 3.05) is 26.2 Å². The minimum atomic E-state index is 0.167. The van der Waals surface area contributed by atoms with Gasteiger partial charge in [0, 0.05) is 55.9 Å². The lowest BCUT2D eigenvalue weighted by Gasteiger charge is -2.38. The van der Waals surface area contributed by atoms with Crippen molar-refractivity contribution in [2.45, 2.75) is 31.7 Å². The van der Waals surface area contributed by atoms with Crippen LogP contribution in [0.2, 0.25) is 0 Å². The summed E-state index contributed by atoms with van der Waals surface area (Å²) in [5.74, 6) is 0.167. The fourth-order valence-electron chi connectivity index (χ4n) is 4.02. The van der Waals surface area contributed by atoms with E-state index in [-0.39, 0.29) is 5.91 Å². The molecule has 0 unspecified atom stereocenters. The van der Waals surface area contributed by atoms with Crippen molar-refractivity contribution >= 4 is 5.91 Å². The van der Waals surface area contributed by atoms with Crippen LogP contribution in [0.4, 0.5) is 0 Å². The van der Waals surface area contributed by atoms with Crippen LogP contribution in [-0.2, 0) is 0 Å². The second-order valence-corrected chi connectivity index (χ2v) is 6.90. The molecule has 4 heteroatoms. The maximum atomic E-state index is 12.7. The van der Waals surface area contributed by atoms with Crippen molar-refractivity contribution in [1.82, 2.24) is 14.4 Å². The Kier molecular flexibility index (Phi) is 4.39. The highest BCUT2D eigenvalue weighted by atomic mass is 16.2. The Labute approximate surface area is 143 Å². The van der Waals surface area contributed by atoms with Crippen molar-refractivity contribution in [3.63, 3.8) is 0 Å². The maximum Gasteiger partial charge on any atom is 0.253 e. The number of nitrogens with zero attached hydrogens (tertiary/aromatic N) is 3. The smallest absolute Gasteiger partial charge is 0.253 e. The predicted octanol–water partition coefficient (Wildman–Crippen LogP) is 3.18. The molecule has 126 valence electrons. The highest BCUT2D eigenvalue weighted by Gasteiger charge is 2.28. The largest absolute Gasteiger partial charge is 0.336 e. The van der Waals surface area contributed by atoms with E-state index < -0.39 is 0 Å². The molecule has 4 rings (SSSR count). The molecule has 2 aliphatic rings. The number of aromatic nitrogens is 1. The average molecular weight is 323 g/mol. The molecule has 1 aliphatic carbocycles. The topological polar surface area (TPSA) is 28.5 Å². The van der Waals surface area contributed by atoms with Crippen LogP contribution in [0.3, 0.4) is 0 Å². The number of amides is 1. The summed E-state index contributed by atoms with van der Waals surface area (Å²) < 4.78 is 2.05. The predicted molar refractivity (Wildman–Crippen MR) is 95.5 cm³/mol. The second kappa shape index (κ2) is 6.81. The van der Waals surface area contributed by atoms with Crippen LogP contribution in [0.1, 0.15) is 36.0 Å². The molecule has 4 nitrogen and oxygen atoms in total. The summed E-state index contributed by atoms with van der Waals surface area (Å²) >= 11 is 0. The van der Waals surface area contributed by atoms with E-state index in [9.17, 15) is 4.79 Å². The Balaban J connectivity index is 1.37. The standard InChI is InChI=1S/C20H25N3O/c24-20(17-7-9-19(10-8-17)21-11-3-4-12-21)23-15-13-22(14-16-23)18-5-1-2-6-18/h3-4,7-12,18H,1-2,5-6,13-16H2. The van der Waals surface area contributed by atoms with Crippen LogP contribution in [-0.4, -0.2) is 52.5 Å². The Bertz CT molecular complexity index is 663. The number of piperazine rings is 1. The third-order valence-electron chi connectivity index (χ3n) is 5.46. The number of hydrogen-bond donors (Lipinski definition) is 0. The Hall–Kier alpha value is -2.07. The number of carbonyl (C=O) groups excluding carboxylic acids is 1. The monoisotopic (exact) mass is 323 g/mol. The van der Waals surface area contributed by atoms with Crippen LogP contribution in [0, 0.1) is 0 Å². The van der Waals surface area contributed by atoms with Crippen LogP contribution >= 0.6 is 0 Å². The molecule has 2 fully saturated rings. The van der Waals surface area contributed by atoms with E-state index in [0.29, 0.717) is 0 Å². The van der Waals surface area contributed by atoms with E-state index in [1.165, 1.54) is 25.7 Å². The molecule has 24 heavy (non-hydrogen) atoms. The first-order chi connectivity index (χ1) is 11.8. The molecular formula is C20H25N3O. The van der Waals surface area contributed by atoms with Gasteiger partial charge in [-0.05, 0) is 49.2 Å². The summed E-state index contributed by atoms with van der Waals surface area (Å²) in [6.07, 6.45) is 9.46. The Morgan fingerprint density at radius 1 is 0.875 bits per heavy atom. The SMILES string of the molecule is O=C(c1ccc(-n2cccc2)cc1)N1CCN(C2CCCC2)CC1. The lowest BCUT2D eigenvalue weighted by Crippen LogP contribution is -2.51. The maximum absolute atomic E-state index is 12.7. The van der Waals surface area contributed by atoms with Crippen LogP contribution < -0.4 is 0 Å². The zero-order valence-corrected chi connectivity index (χ0v) is 14.1. The number of hydrogen-bond acceptors (Lipinski definition) is 2. The molecular weight excluding hydrogens is 298 g/mol. The van der Waals surface area contributed by atoms with Gasteiger partial charge in [-0.25, -0.2) is 0 Å². The van der Waals surface area contributed by atoms with E-state index in [1.807, 2.05) is 53.7 Å². The molecule has 1 amide bonds. The van der Waals surface area contributed by atoms with Gasteiger partial charge in [0.15, 0.2) is 0 Å². The summed E-state index contributed by atoms with van der Waals surface area (Å²) in [6, 6.07) is 12.7. The highest BCUT2D eigenvalue weighted by molar-refractivity contribution is 5.94. The first-order valence-corrected chi connectivity index (χ1v) is 9.08. The highest BCUT2D eigenvalue weighted by Crippen LogP contribution is 2.24. The van der Waals surface area contributed by atoms with Gasteiger partial charge < -0.3 is 9.47 Å². The van der Waals surface area contributed by atoms with Crippen molar-refractivity contribution in [3.8, 4) is 5.69 Å². The van der Waals surface area contributed by atoms with Gasteiger partial charge >= 0.3 is 0 Å². The molecule has 1 saturated heterocycles. The van der Waals surface area contributed by atoms with E-state index in [2.05, 4.69) is 9.47 Å². The van der Waals surface area contributed by atoms with Gasteiger partial charge in [-0.2, -0.15) is 0 Å². The summed E-state index contributed by atoms with van der Waals surface area (Å²) in [5, 5.41) is 0. The molecule has 0 bridgehead atoms. The number of benzene rings is 1. The van der Waals surface area contributed by atoms with E-state index in [1.54, 1.807) is 0 Å². The van der Waals surface area contributed by atoms with Crippen LogP contribution in [0.25, 0.3) is 5.69 Å². The Morgan fingerprint density at radius 3 is 2.12 bits per heavy atom.